The molecule has 3 nitrogen and oxygen atoms in total. The standard InChI is InChI=1S/C15H10Cl2N2O/c16-10-5-6-13(11(17)8-10)19-15(20)14-7-9-3-1-2-4-12(9)18-14/h1-8,18H,(H,19,20). The number of H-pyrrole nitrogens is 1. The summed E-state index contributed by atoms with van der Waals surface area (Å²) in [6, 6.07) is 14.4. The van der Waals surface area contributed by atoms with Crippen LogP contribution < -0.4 is 5.32 Å². The van der Waals surface area contributed by atoms with Crippen LogP contribution in [-0.2, 0) is 0 Å². The minimum Gasteiger partial charge on any atom is -0.351 e. The number of anilines is 1. The minimum atomic E-state index is -0.245. The number of rotatable bonds is 2. The number of halogens is 2. The Balaban J connectivity index is 1.89. The average molecular weight is 305 g/mol. The third-order valence-electron chi connectivity index (χ3n) is 2.95. The maximum absolute atomic E-state index is 12.2. The van der Waals surface area contributed by atoms with Gasteiger partial charge < -0.3 is 10.3 Å². The number of carbonyl (C=O) groups is 1. The fourth-order valence-corrected chi connectivity index (χ4v) is 2.43. The number of benzene rings is 2. The highest BCUT2D eigenvalue weighted by atomic mass is 35.5. The van der Waals surface area contributed by atoms with Crippen molar-refractivity contribution in [2.45, 2.75) is 0 Å². The predicted octanol–water partition coefficient (Wildman–Crippen LogP) is 4.73. The summed E-state index contributed by atoms with van der Waals surface area (Å²) >= 11 is 11.9. The summed E-state index contributed by atoms with van der Waals surface area (Å²) in [6.07, 6.45) is 0. The fraction of sp³-hybridized carbons (Fsp3) is 0. The Hall–Kier alpha value is -1.97. The van der Waals surface area contributed by atoms with Crippen molar-refractivity contribution in [2.24, 2.45) is 0 Å². The lowest BCUT2D eigenvalue weighted by atomic mass is 10.2. The van der Waals surface area contributed by atoms with E-state index >= 15 is 0 Å². The number of fused-ring (bicyclic) bond motifs is 1. The summed E-state index contributed by atoms with van der Waals surface area (Å²) < 4.78 is 0. The van der Waals surface area contributed by atoms with Crippen LogP contribution in [0.2, 0.25) is 10.0 Å². The highest BCUT2D eigenvalue weighted by Gasteiger charge is 2.11. The van der Waals surface area contributed by atoms with Crippen molar-refractivity contribution < 1.29 is 4.79 Å². The number of para-hydroxylation sites is 1. The van der Waals surface area contributed by atoms with Gasteiger partial charge in [-0.25, -0.2) is 0 Å². The molecule has 2 aromatic carbocycles. The molecule has 3 aromatic rings. The number of hydrogen-bond donors (Lipinski definition) is 2. The zero-order valence-corrected chi connectivity index (χ0v) is 11.8. The van der Waals surface area contributed by atoms with Gasteiger partial charge in [0.05, 0.1) is 10.7 Å². The lowest BCUT2D eigenvalue weighted by Crippen LogP contribution is -2.12. The molecule has 3 rings (SSSR count). The molecular formula is C15H10Cl2N2O. The number of amides is 1. The van der Waals surface area contributed by atoms with Crippen LogP contribution in [0.5, 0.6) is 0 Å². The Morgan fingerprint density at radius 2 is 1.85 bits per heavy atom. The van der Waals surface area contributed by atoms with E-state index < -0.39 is 0 Å². The second-order valence-electron chi connectivity index (χ2n) is 4.35. The minimum absolute atomic E-state index is 0.245. The molecule has 0 fully saturated rings. The predicted molar refractivity (Wildman–Crippen MR) is 82.7 cm³/mol. The molecule has 0 saturated carbocycles. The van der Waals surface area contributed by atoms with Crippen molar-refractivity contribution >= 4 is 45.7 Å². The second kappa shape index (κ2) is 5.19. The third-order valence-corrected chi connectivity index (χ3v) is 3.50. The first kappa shape index (κ1) is 13.0. The van der Waals surface area contributed by atoms with E-state index in [1.807, 2.05) is 24.3 Å². The lowest BCUT2D eigenvalue weighted by Gasteiger charge is -2.06. The molecule has 0 spiro atoms. The van der Waals surface area contributed by atoms with Crippen molar-refractivity contribution in [1.29, 1.82) is 0 Å². The summed E-state index contributed by atoms with van der Waals surface area (Å²) in [7, 11) is 0. The average Bonchev–Trinajstić information content (AvgIpc) is 2.86. The quantitative estimate of drug-likeness (QED) is 0.706. The van der Waals surface area contributed by atoms with E-state index in [0.717, 1.165) is 10.9 Å². The molecule has 1 heterocycles. The SMILES string of the molecule is O=C(Nc1ccc(Cl)cc1Cl)c1cc2ccccc2[nH]1. The first-order chi connectivity index (χ1) is 9.63. The van der Waals surface area contributed by atoms with Crippen LogP contribution in [0, 0.1) is 0 Å². The van der Waals surface area contributed by atoms with Crippen molar-refractivity contribution in [2.75, 3.05) is 5.32 Å². The van der Waals surface area contributed by atoms with Gasteiger partial charge in [-0.1, -0.05) is 41.4 Å². The lowest BCUT2D eigenvalue weighted by molar-refractivity contribution is 0.102. The summed E-state index contributed by atoms with van der Waals surface area (Å²) in [6.45, 7) is 0. The number of aromatic amines is 1. The molecule has 5 heteroatoms. The summed E-state index contributed by atoms with van der Waals surface area (Å²) in [5.74, 6) is -0.245. The van der Waals surface area contributed by atoms with E-state index in [9.17, 15) is 4.79 Å². The Bertz CT molecular complexity index is 762. The van der Waals surface area contributed by atoms with E-state index in [4.69, 9.17) is 23.2 Å². The van der Waals surface area contributed by atoms with Gasteiger partial charge in [-0.3, -0.25) is 4.79 Å². The fourth-order valence-electron chi connectivity index (χ4n) is 1.98. The molecule has 20 heavy (non-hydrogen) atoms. The van der Waals surface area contributed by atoms with Gasteiger partial charge in [0.25, 0.3) is 5.91 Å². The van der Waals surface area contributed by atoms with Gasteiger partial charge in [0, 0.05) is 15.9 Å². The van der Waals surface area contributed by atoms with Crippen molar-refractivity contribution in [3.05, 3.63) is 64.3 Å². The first-order valence-electron chi connectivity index (χ1n) is 5.97. The van der Waals surface area contributed by atoms with E-state index in [1.165, 1.54) is 0 Å². The van der Waals surface area contributed by atoms with Crippen LogP contribution in [0.4, 0.5) is 5.69 Å². The molecule has 0 radical (unpaired) electrons. The Morgan fingerprint density at radius 3 is 2.60 bits per heavy atom. The van der Waals surface area contributed by atoms with Crippen molar-refractivity contribution in [1.82, 2.24) is 4.98 Å². The number of hydrogen-bond acceptors (Lipinski definition) is 1. The van der Waals surface area contributed by atoms with Gasteiger partial charge in [-0.2, -0.15) is 0 Å². The zero-order chi connectivity index (χ0) is 14.1. The zero-order valence-electron chi connectivity index (χ0n) is 10.3. The molecule has 0 atom stereocenters. The van der Waals surface area contributed by atoms with Crippen LogP contribution in [0.1, 0.15) is 10.5 Å². The summed E-state index contributed by atoms with van der Waals surface area (Å²) in [5, 5.41) is 4.67. The molecule has 0 bridgehead atoms. The van der Waals surface area contributed by atoms with Gasteiger partial charge in [-0.15, -0.1) is 0 Å². The maximum atomic E-state index is 12.2. The molecule has 0 saturated heterocycles. The van der Waals surface area contributed by atoms with Gasteiger partial charge in [0.15, 0.2) is 0 Å². The van der Waals surface area contributed by atoms with Crippen LogP contribution in [-0.4, -0.2) is 10.9 Å². The molecule has 2 N–H and O–H groups in total. The van der Waals surface area contributed by atoms with Crippen LogP contribution in [0.3, 0.4) is 0 Å². The van der Waals surface area contributed by atoms with Crippen LogP contribution in [0.25, 0.3) is 10.9 Å². The third kappa shape index (κ3) is 2.50. The molecule has 1 amide bonds. The van der Waals surface area contributed by atoms with Crippen molar-refractivity contribution in [3.63, 3.8) is 0 Å². The van der Waals surface area contributed by atoms with Crippen LogP contribution in [0.15, 0.2) is 48.5 Å². The largest absolute Gasteiger partial charge is 0.351 e. The van der Waals surface area contributed by atoms with E-state index in [2.05, 4.69) is 10.3 Å². The number of aromatic nitrogens is 1. The molecule has 0 aliphatic rings. The van der Waals surface area contributed by atoms with Gasteiger partial charge in [0.2, 0.25) is 0 Å². The number of carbonyl (C=O) groups excluding carboxylic acids is 1. The topological polar surface area (TPSA) is 44.9 Å². The molecular weight excluding hydrogens is 295 g/mol. The highest BCUT2D eigenvalue weighted by molar-refractivity contribution is 6.36. The molecule has 0 aliphatic heterocycles. The second-order valence-corrected chi connectivity index (χ2v) is 5.19. The summed E-state index contributed by atoms with van der Waals surface area (Å²) in [4.78, 5) is 15.3. The summed E-state index contributed by atoms with van der Waals surface area (Å²) in [5.41, 5.74) is 1.93. The van der Waals surface area contributed by atoms with Gasteiger partial charge in [0.1, 0.15) is 5.69 Å². The van der Waals surface area contributed by atoms with E-state index in [0.29, 0.717) is 21.4 Å². The van der Waals surface area contributed by atoms with Gasteiger partial charge >= 0.3 is 0 Å². The van der Waals surface area contributed by atoms with Crippen molar-refractivity contribution in [3.8, 4) is 0 Å². The van der Waals surface area contributed by atoms with Gasteiger partial charge in [-0.05, 0) is 30.3 Å². The molecule has 0 aliphatic carbocycles. The van der Waals surface area contributed by atoms with E-state index in [-0.39, 0.29) is 5.91 Å². The monoisotopic (exact) mass is 304 g/mol. The highest BCUT2D eigenvalue weighted by Crippen LogP contribution is 2.26. The molecule has 100 valence electrons. The molecule has 0 unspecified atom stereocenters. The molecule has 1 aromatic heterocycles. The Morgan fingerprint density at radius 1 is 1.05 bits per heavy atom. The Labute approximate surface area is 125 Å². The van der Waals surface area contributed by atoms with Crippen LogP contribution >= 0.6 is 23.2 Å². The number of nitrogens with one attached hydrogen (secondary N) is 2. The van der Waals surface area contributed by atoms with E-state index in [1.54, 1.807) is 24.3 Å². The smallest absolute Gasteiger partial charge is 0.272 e. The maximum Gasteiger partial charge on any atom is 0.272 e. The normalized spacial score (nSPS) is 10.7. The Kier molecular flexibility index (Phi) is 3.38. The first-order valence-corrected chi connectivity index (χ1v) is 6.73.